The quantitative estimate of drug-likeness (QED) is 0.719. The molecule has 1 nitrogen and oxygen atoms in total. The van der Waals surface area contributed by atoms with Gasteiger partial charge in [-0.15, -0.1) is 0 Å². The van der Waals surface area contributed by atoms with E-state index in [4.69, 9.17) is 5.73 Å². The van der Waals surface area contributed by atoms with Crippen molar-refractivity contribution in [1.29, 1.82) is 0 Å². The second-order valence-corrected chi connectivity index (χ2v) is 3.06. The van der Waals surface area contributed by atoms with E-state index in [9.17, 15) is 0 Å². The first-order valence-electron chi connectivity index (χ1n) is 4.56. The van der Waals surface area contributed by atoms with E-state index in [2.05, 4.69) is 6.58 Å². The summed E-state index contributed by atoms with van der Waals surface area (Å²) < 4.78 is 0. The minimum Gasteiger partial charge on any atom is -0.402 e. The third kappa shape index (κ3) is 2.63. The lowest BCUT2D eigenvalue weighted by atomic mass is 10.0. The molecule has 0 aromatic heterocycles. The van der Waals surface area contributed by atoms with Gasteiger partial charge in [0.1, 0.15) is 0 Å². The van der Waals surface area contributed by atoms with Gasteiger partial charge in [0.15, 0.2) is 0 Å². The molecule has 0 atom stereocenters. The van der Waals surface area contributed by atoms with Crippen LogP contribution in [-0.2, 0) is 0 Å². The Labute approximate surface area is 85.3 Å². The van der Waals surface area contributed by atoms with Crippen molar-refractivity contribution in [3.8, 4) is 0 Å². The first kappa shape index (κ1) is 10.3. The predicted molar refractivity (Wildman–Crippen MR) is 62.6 cm³/mol. The fraction of sp³-hybridized carbons (Fsp3) is 0.0769. The van der Waals surface area contributed by atoms with Crippen molar-refractivity contribution in [2.75, 3.05) is 0 Å². The predicted octanol–water partition coefficient (Wildman–Crippen LogP) is 3.12. The molecule has 0 saturated heterocycles. The summed E-state index contributed by atoms with van der Waals surface area (Å²) in [4.78, 5) is 0. The van der Waals surface area contributed by atoms with Gasteiger partial charge in [0, 0.05) is 11.3 Å². The Morgan fingerprint density at radius 3 is 2.43 bits per heavy atom. The Balaban J connectivity index is 3.09. The lowest BCUT2D eigenvalue weighted by Gasteiger charge is -2.04. The summed E-state index contributed by atoms with van der Waals surface area (Å²) in [5.41, 5.74) is 8.79. The summed E-state index contributed by atoms with van der Waals surface area (Å²) >= 11 is 0. The molecule has 0 saturated carbocycles. The zero-order valence-electron chi connectivity index (χ0n) is 8.40. The van der Waals surface area contributed by atoms with Crippen LogP contribution in [0.1, 0.15) is 12.5 Å². The Kier molecular flexibility index (Phi) is 3.74. The molecular weight excluding hydrogens is 170 g/mol. The van der Waals surface area contributed by atoms with Crippen LogP contribution in [0, 0.1) is 0 Å². The Morgan fingerprint density at radius 1 is 1.29 bits per heavy atom. The van der Waals surface area contributed by atoms with Crippen LogP contribution in [0.4, 0.5) is 0 Å². The molecule has 0 aliphatic rings. The van der Waals surface area contributed by atoms with Crippen molar-refractivity contribution in [3.05, 3.63) is 66.4 Å². The zero-order valence-corrected chi connectivity index (χ0v) is 8.40. The average molecular weight is 185 g/mol. The van der Waals surface area contributed by atoms with Crippen LogP contribution in [-0.4, -0.2) is 0 Å². The first-order valence-corrected chi connectivity index (χ1v) is 4.56. The highest BCUT2D eigenvalue weighted by Crippen LogP contribution is 2.17. The Bertz CT molecular complexity index is 354. The van der Waals surface area contributed by atoms with Crippen molar-refractivity contribution in [3.63, 3.8) is 0 Å². The standard InChI is InChI=1S/C13H15N/c1-3-4-10-13(11(2)14)12-8-6-5-7-9-12/h3-10H,1,14H2,2H3/b10-4-,13-11-. The highest BCUT2D eigenvalue weighted by Gasteiger charge is 1.98. The monoisotopic (exact) mass is 185 g/mol. The van der Waals surface area contributed by atoms with Crippen LogP contribution in [0.3, 0.4) is 0 Å². The number of benzene rings is 1. The maximum atomic E-state index is 5.80. The molecule has 1 rings (SSSR count). The summed E-state index contributed by atoms with van der Waals surface area (Å²) in [6.07, 6.45) is 5.60. The number of hydrogen-bond donors (Lipinski definition) is 1. The number of nitrogens with two attached hydrogens (primary N) is 1. The van der Waals surface area contributed by atoms with E-state index < -0.39 is 0 Å². The molecule has 0 radical (unpaired) electrons. The van der Waals surface area contributed by atoms with Crippen LogP contribution in [0.5, 0.6) is 0 Å². The van der Waals surface area contributed by atoms with Gasteiger partial charge in [-0.1, -0.05) is 55.1 Å². The van der Waals surface area contributed by atoms with Gasteiger partial charge < -0.3 is 5.73 Å². The van der Waals surface area contributed by atoms with E-state index in [0.717, 1.165) is 16.8 Å². The third-order valence-electron chi connectivity index (χ3n) is 1.91. The molecule has 0 unspecified atom stereocenters. The van der Waals surface area contributed by atoms with Crippen molar-refractivity contribution < 1.29 is 0 Å². The summed E-state index contributed by atoms with van der Waals surface area (Å²) in [5.74, 6) is 0. The van der Waals surface area contributed by atoms with Gasteiger partial charge in [-0.05, 0) is 12.5 Å². The van der Waals surface area contributed by atoms with Crippen molar-refractivity contribution in [1.82, 2.24) is 0 Å². The highest BCUT2D eigenvalue weighted by molar-refractivity contribution is 5.76. The normalized spacial score (nSPS) is 12.6. The van der Waals surface area contributed by atoms with Gasteiger partial charge in [-0.3, -0.25) is 0 Å². The van der Waals surface area contributed by atoms with E-state index in [1.54, 1.807) is 6.08 Å². The molecule has 0 fully saturated rings. The van der Waals surface area contributed by atoms with Crippen molar-refractivity contribution in [2.45, 2.75) is 6.92 Å². The van der Waals surface area contributed by atoms with Gasteiger partial charge in [-0.2, -0.15) is 0 Å². The van der Waals surface area contributed by atoms with Gasteiger partial charge in [0.25, 0.3) is 0 Å². The molecule has 1 aromatic carbocycles. The van der Waals surface area contributed by atoms with Crippen LogP contribution < -0.4 is 5.73 Å². The average Bonchev–Trinajstić information content (AvgIpc) is 2.19. The van der Waals surface area contributed by atoms with Gasteiger partial charge in [0.2, 0.25) is 0 Å². The maximum Gasteiger partial charge on any atom is 0.0128 e. The molecule has 0 spiro atoms. The number of allylic oxidation sites excluding steroid dienone is 5. The van der Waals surface area contributed by atoms with Gasteiger partial charge in [0.05, 0.1) is 0 Å². The van der Waals surface area contributed by atoms with E-state index in [1.165, 1.54) is 0 Å². The lowest BCUT2D eigenvalue weighted by molar-refractivity contribution is 1.32. The summed E-state index contributed by atoms with van der Waals surface area (Å²) in [5, 5.41) is 0. The molecule has 1 heteroatoms. The first-order chi connectivity index (χ1) is 6.75. The van der Waals surface area contributed by atoms with Crippen LogP contribution in [0.15, 0.2) is 60.8 Å². The summed E-state index contributed by atoms with van der Waals surface area (Å²) in [6.45, 7) is 5.53. The number of hydrogen-bond acceptors (Lipinski definition) is 1. The molecule has 0 heterocycles. The highest BCUT2D eigenvalue weighted by atomic mass is 14.6. The lowest BCUT2D eigenvalue weighted by Crippen LogP contribution is -1.95. The minimum absolute atomic E-state index is 0.814. The molecular formula is C13H15N. The topological polar surface area (TPSA) is 26.0 Å². The van der Waals surface area contributed by atoms with E-state index in [-0.39, 0.29) is 0 Å². The maximum absolute atomic E-state index is 5.80. The fourth-order valence-corrected chi connectivity index (χ4v) is 1.24. The van der Waals surface area contributed by atoms with Crippen molar-refractivity contribution in [2.24, 2.45) is 5.73 Å². The summed E-state index contributed by atoms with van der Waals surface area (Å²) in [7, 11) is 0. The molecule has 0 aliphatic carbocycles. The fourth-order valence-electron chi connectivity index (χ4n) is 1.24. The van der Waals surface area contributed by atoms with Crippen LogP contribution in [0.2, 0.25) is 0 Å². The smallest absolute Gasteiger partial charge is 0.0128 e. The molecule has 2 N–H and O–H groups in total. The molecule has 1 aromatic rings. The zero-order chi connectivity index (χ0) is 10.4. The van der Waals surface area contributed by atoms with E-state index in [1.807, 2.05) is 49.4 Å². The molecule has 72 valence electrons. The second kappa shape index (κ2) is 5.07. The van der Waals surface area contributed by atoms with E-state index in [0.29, 0.717) is 0 Å². The molecule has 14 heavy (non-hydrogen) atoms. The third-order valence-corrected chi connectivity index (χ3v) is 1.91. The SMILES string of the molecule is C=C/C=C\C(=C(/C)N)c1ccccc1. The number of rotatable bonds is 3. The van der Waals surface area contributed by atoms with Gasteiger partial charge >= 0.3 is 0 Å². The van der Waals surface area contributed by atoms with E-state index >= 15 is 0 Å². The Hall–Kier alpha value is -1.76. The molecule has 0 aliphatic heterocycles. The van der Waals surface area contributed by atoms with Crippen LogP contribution >= 0.6 is 0 Å². The molecule has 0 bridgehead atoms. The van der Waals surface area contributed by atoms with Gasteiger partial charge in [-0.25, -0.2) is 0 Å². The minimum atomic E-state index is 0.814. The Morgan fingerprint density at radius 2 is 1.93 bits per heavy atom. The van der Waals surface area contributed by atoms with Crippen molar-refractivity contribution >= 4 is 5.57 Å². The molecule has 0 amide bonds. The largest absolute Gasteiger partial charge is 0.402 e. The summed E-state index contributed by atoms with van der Waals surface area (Å²) in [6, 6.07) is 10.1. The van der Waals surface area contributed by atoms with Crippen LogP contribution in [0.25, 0.3) is 5.57 Å². The second-order valence-electron chi connectivity index (χ2n) is 3.06.